The monoisotopic (exact) mass is 231 g/mol. The Kier molecular flexibility index (Phi) is 5.35. The van der Waals surface area contributed by atoms with Crippen molar-refractivity contribution >= 4 is 35.1 Å². The first-order valence-corrected chi connectivity index (χ1v) is 3.82. The van der Waals surface area contributed by atoms with Gasteiger partial charge in [-0.25, -0.2) is 0 Å². The fourth-order valence-electron chi connectivity index (χ4n) is 0.185. The van der Waals surface area contributed by atoms with Crippen molar-refractivity contribution in [2.75, 3.05) is 6.61 Å². The molecule has 0 heterocycles. The molecule has 0 aliphatic heterocycles. The average molecular weight is 229 g/mol. The minimum atomic E-state index is 0.801. The van der Waals surface area contributed by atoms with Crippen LogP contribution in [0.3, 0.4) is 0 Å². The third-order valence-electron chi connectivity index (χ3n) is 0.424. The van der Waals surface area contributed by atoms with Gasteiger partial charge >= 0.3 is 59.8 Å². The summed E-state index contributed by atoms with van der Waals surface area (Å²) in [6.07, 6.45) is 1.06. The molecule has 0 unspecified atom stereocenters. The van der Waals surface area contributed by atoms with Crippen molar-refractivity contribution in [3.8, 4) is 0 Å². The average Bonchev–Trinajstić information content (AvgIpc) is 1.61. The zero-order valence-corrected chi connectivity index (χ0v) is 7.57. The first-order valence-electron chi connectivity index (χ1n) is 2.11. The van der Waals surface area contributed by atoms with E-state index in [9.17, 15) is 0 Å². The summed E-state index contributed by atoms with van der Waals surface area (Å²) >= 11 is 5.43. The third-order valence-corrected chi connectivity index (χ3v) is 0.919. The van der Waals surface area contributed by atoms with E-state index in [-0.39, 0.29) is 0 Å². The standard InChI is InChI=1S/C4H8OSe2/c1-2-3-5-4(6)7/h2-3H2,1H3,(H,6,7)/p-1. The van der Waals surface area contributed by atoms with Crippen LogP contribution < -0.4 is 0 Å². The second kappa shape index (κ2) is 4.86. The van der Waals surface area contributed by atoms with Gasteiger partial charge in [0.05, 0.1) is 0 Å². The Balaban J connectivity index is 2.82. The first kappa shape index (κ1) is 7.71. The van der Waals surface area contributed by atoms with Crippen molar-refractivity contribution in [1.82, 2.24) is 0 Å². The second-order valence-electron chi connectivity index (χ2n) is 1.10. The molecule has 0 aromatic carbocycles. The van der Waals surface area contributed by atoms with Crippen LogP contribution in [0, 0.1) is 0 Å². The molecule has 0 rings (SSSR count). The van der Waals surface area contributed by atoms with Gasteiger partial charge in [0, 0.05) is 0 Å². The van der Waals surface area contributed by atoms with Crippen LogP contribution in [0.5, 0.6) is 0 Å². The van der Waals surface area contributed by atoms with Gasteiger partial charge in [-0.15, -0.1) is 0 Å². The normalized spacial score (nSPS) is 8.14. The second-order valence-corrected chi connectivity index (χ2v) is 3.96. The van der Waals surface area contributed by atoms with Crippen LogP contribution in [-0.2, 0) is 4.74 Å². The van der Waals surface area contributed by atoms with Crippen LogP contribution in [0.1, 0.15) is 13.3 Å². The molecule has 0 amide bonds. The molecule has 1 nitrogen and oxygen atoms in total. The number of ether oxygens (including phenoxy) is 1. The summed E-state index contributed by atoms with van der Waals surface area (Å²) < 4.78 is 5.80. The molecule has 0 saturated carbocycles. The number of hydrogen-bond donors (Lipinski definition) is 0. The van der Waals surface area contributed by atoms with Crippen LogP contribution in [0.25, 0.3) is 0 Å². The van der Waals surface area contributed by atoms with Gasteiger partial charge in [-0.3, -0.25) is 0 Å². The Morgan fingerprint density at radius 3 is 2.57 bits per heavy atom. The molecule has 0 aromatic rings. The fraction of sp³-hybridized carbons (Fsp3) is 0.750. The van der Waals surface area contributed by atoms with Crippen molar-refractivity contribution in [2.24, 2.45) is 0 Å². The zero-order chi connectivity index (χ0) is 5.70. The third kappa shape index (κ3) is 6.71. The van der Waals surface area contributed by atoms with Gasteiger partial charge in [-0.1, -0.05) is 0 Å². The van der Waals surface area contributed by atoms with Crippen molar-refractivity contribution in [3.05, 3.63) is 0 Å². The van der Waals surface area contributed by atoms with Gasteiger partial charge in [0.25, 0.3) is 0 Å². The van der Waals surface area contributed by atoms with Crippen molar-refractivity contribution in [2.45, 2.75) is 13.3 Å². The van der Waals surface area contributed by atoms with Crippen molar-refractivity contribution in [1.29, 1.82) is 0 Å². The minimum absolute atomic E-state index is 0.801. The molecule has 7 heavy (non-hydrogen) atoms. The molecule has 3 heteroatoms. The summed E-state index contributed by atoms with van der Waals surface area (Å²) in [6.45, 7) is 2.87. The van der Waals surface area contributed by atoms with E-state index in [4.69, 9.17) is 4.74 Å². The Labute approximate surface area is 60.0 Å². The van der Waals surface area contributed by atoms with E-state index >= 15 is 0 Å². The quantitative estimate of drug-likeness (QED) is 0.611. The topological polar surface area (TPSA) is 9.23 Å². The van der Waals surface area contributed by atoms with Gasteiger partial charge in [0.15, 0.2) is 0 Å². The van der Waals surface area contributed by atoms with E-state index < -0.39 is 0 Å². The van der Waals surface area contributed by atoms with E-state index in [1.165, 1.54) is 0 Å². The predicted octanol–water partition coefficient (Wildman–Crippen LogP) is -0.163. The molecule has 42 valence electrons. The van der Waals surface area contributed by atoms with Crippen LogP contribution in [0.4, 0.5) is 0 Å². The fourth-order valence-corrected chi connectivity index (χ4v) is 0.535. The summed E-state index contributed by atoms with van der Waals surface area (Å²) in [4.78, 5) is 0. The molecule has 0 aliphatic carbocycles. The predicted molar refractivity (Wildman–Crippen MR) is 32.8 cm³/mol. The van der Waals surface area contributed by atoms with Gasteiger partial charge in [0.1, 0.15) is 0 Å². The molecular weight excluding hydrogens is 222 g/mol. The molecular formula is C4H7OSe2-. The van der Waals surface area contributed by atoms with Gasteiger partial charge in [0.2, 0.25) is 0 Å². The zero-order valence-electron chi connectivity index (χ0n) is 4.14. The van der Waals surface area contributed by atoms with E-state index in [0.29, 0.717) is 0 Å². The van der Waals surface area contributed by atoms with Gasteiger partial charge in [-0.2, -0.15) is 0 Å². The molecule has 0 spiro atoms. The maximum absolute atomic E-state index is 5.00. The maximum atomic E-state index is 5.00. The summed E-state index contributed by atoms with van der Waals surface area (Å²) in [5.74, 6) is 0. The summed E-state index contributed by atoms with van der Waals surface area (Å²) in [5.41, 5.74) is 0. The molecule has 0 aliphatic rings. The Bertz CT molecular complexity index is 62.7. The number of rotatable bonds is 3. The van der Waals surface area contributed by atoms with E-state index in [1.54, 1.807) is 0 Å². The first-order chi connectivity index (χ1) is 3.27. The van der Waals surface area contributed by atoms with Crippen LogP contribution >= 0.6 is 0 Å². The van der Waals surface area contributed by atoms with Crippen LogP contribution in [-0.4, -0.2) is 41.7 Å². The molecule has 0 aromatic heterocycles. The van der Waals surface area contributed by atoms with Crippen LogP contribution in [0.2, 0.25) is 0 Å². The molecule has 0 N–H and O–H groups in total. The molecule has 0 saturated heterocycles. The van der Waals surface area contributed by atoms with Crippen LogP contribution in [0.15, 0.2) is 0 Å². The number of hydrogen-bond acceptors (Lipinski definition) is 1. The molecule has 0 radical (unpaired) electrons. The molecule has 0 fully saturated rings. The summed E-state index contributed by atoms with van der Waals surface area (Å²) in [6, 6.07) is 0. The summed E-state index contributed by atoms with van der Waals surface area (Å²) in [7, 11) is 0. The van der Waals surface area contributed by atoms with E-state index in [0.717, 1.165) is 16.5 Å². The van der Waals surface area contributed by atoms with Crippen molar-refractivity contribution < 1.29 is 4.74 Å². The van der Waals surface area contributed by atoms with Crippen molar-refractivity contribution in [3.63, 3.8) is 0 Å². The van der Waals surface area contributed by atoms with E-state index in [1.807, 2.05) is 0 Å². The Hall–Kier alpha value is 0.709. The Morgan fingerprint density at radius 2 is 2.43 bits per heavy atom. The SMILES string of the molecule is CCCOC(=[Se])[Se-]. The van der Waals surface area contributed by atoms with Gasteiger partial charge in [-0.05, 0) is 0 Å². The van der Waals surface area contributed by atoms with E-state index in [2.05, 4.69) is 38.5 Å². The Morgan fingerprint density at radius 1 is 1.86 bits per heavy atom. The van der Waals surface area contributed by atoms with Gasteiger partial charge < -0.3 is 0 Å². The molecule has 0 atom stereocenters. The summed E-state index contributed by atoms with van der Waals surface area (Å²) in [5, 5.41) is 0. The molecule has 0 bridgehead atoms.